The van der Waals surface area contributed by atoms with Crippen LogP contribution in [0.1, 0.15) is 23.1 Å². The van der Waals surface area contributed by atoms with Crippen LogP contribution in [0.15, 0.2) is 78.9 Å². The molecule has 3 aromatic rings. The lowest BCUT2D eigenvalue weighted by molar-refractivity contribution is -0.123. The third-order valence-electron chi connectivity index (χ3n) is 5.44. The van der Waals surface area contributed by atoms with Crippen LogP contribution in [0.2, 0.25) is 0 Å². The van der Waals surface area contributed by atoms with E-state index < -0.39 is 11.5 Å². The fourth-order valence-electron chi connectivity index (χ4n) is 3.89. The summed E-state index contributed by atoms with van der Waals surface area (Å²) in [5, 5.41) is 0. The second-order valence-electron chi connectivity index (χ2n) is 7.12. The van der Waals surface area contributed by atoms with Crippen LogP contribution in [0.3, 0.4) is 0 Å². The van der Waals surface area contributed by atoms with Crippen molar-refractivity contribution in [1.29, 1.82) is 0 Å². The number of rotatable bonds is 9. The van der Waals surface area contributed by atoms with Gasteiger partial charge in [0.05, 0.1) is 20.3 Å². The van der Waals surface area contributed by atoms with E-state index in [0.717, 1.165) is 16.7 Å². The zero-order valence-electron chi connectivity index (χ0n) is 17.4. The van der Waals surface area contributed by atoms with Crippen molar-refractivity contribution in [3.63, 3.8) is 0 Å². The first-order valence-electron chi connectivity index (χ1n) is 9.92. The number of hydrogen-bond acceptors (Lipinski definition) is 5. The van der Waals surface area contributed by atoms with Gasteiger partial charge in [0.1, 0.15) is 16.9 Å². The molecule has 0 amide bonds. The minimum atomic E-state index is -1.09. The van der Waals surface area contributed by atoms with Crippen molar-refractivity contribution >= 4 is 5.78 Å². The maximum atomic E-state index is 14.0. The minimum absolute atomic E-state index is 0.102. The van der Waals surface area contributed by atoms with Gasteiger partial charge in [-0.05, 0) is 53.9 Å². The van der Waals surface area contributed by atoms with E-state index in [9.17, 15) is 4.79 Å². The number of benzene rings is 3. The summed E-state index contributed by atoms with van der Waals surface area (Å²) in [6.45, 7) is 0.336. The number of carbonyl (C=O) groups is 1. The number of Topliss-reactive ketones (excluding diaryl/α,β-unsaturated/α-hetero) is 1. The zero-order chi connectivity index (χ0) is 21.6. The maximum Gasteiger partial charge on any atom is 0.168 e. The first-order chi connectivity index (χ1) is 14.6. The molecule has 0 saturated heterocycles. The molecule has 0 radical (unpaired) electrons. The van der Waals surface area contributed by atoms with Gasteiger partial charge in [-0.2, -0.15) is 0 Å². The highest BCUT2D eigenvalue weighted by Gasteiger charge is 2.45. The molecule has 5 heteroatoms. The summed E-state index contributed by atoms with van der Waals surface area (Å²) < 4.78 is 10.7. The summed E-state index contributed by atoms with van der Waals surface area (Å²) in [6.07, 6.45) is 0.403. The van der Waals surface area contributed by atoms with Crippen molar-refractivity contribution in [2.75, 3.05) is 20.8 Å². The third kappa shape index (κ3) is 3.95. The smallest absolute Gasteiger partial charge is 0.168 e. The van der Waals surface area contributed by atoms with Gasteiger partial charge in [0.25, 0.3) is 0 Å². The Morgan fingerprint density at radius 3 is 1.63 bits per heavy atom. The quantitative estimate of drug-likeness (QED) is 0.535. The highest BCUT2D eigenvalue weighted by Crippen LogP contribution is 2.42. The predicted octanol–water partition coefficient (Wildman–Crippen LogP) is 3.28. The summed E-state index contributed by atoms with van der Waals surface area (Å²) in [7, 11) is 3.23. The van der Waals surface area contributed by atoms with Crippen molar-refractivity contribution in [2.24, 2.45) is 11.5 Å². The molecular formula is C25H28N2O3. The van der Waals surface area contributed by atoms with Gasteiger partial charge < -0.3 is 20.9 Å². The molecule has 156 valence electrons. The van der Waals surface area contributed by atoms with Crippen LogP contribution in [0.4, 0.5) is 0 Å². The van der Waals surface area contributed by atoms with Crippen LogP contribution < -0.4 is 20.9 Å². The van der Waals surface area contributed by atoms with Gasteiger partial charge in [0, 0.05) is 0 Å². The molecule has 0 aliphatic carbocycles. The van der Waals surface area contributed by atoms with Crippen molar-refractivity contribution in [3.05, 3.63) is 95.6 Å². The highest BCUT2D eigenvalue weighted by molar-refractivity contribution is 6.01. The SMILES string of the molecule is COc1ccc(C(C(=O)[C@@H](N)CCN)(c2ccccc2)c2ccc(OC)cc2)cc1. The second-order valence-corrected chi connectivity index (χ2v) is 7.12. The normalized spacial score (nSPS) is 12.3. The Kier molecular flexibility index (Phi) is 6.87. The van der Waals surface area contributed by atoms with Crippen LogP contribution in [0, 0.1) is 0 Å². The molecule has 0 aliphatic heterocycles. The van der Waals surface area contributed by atoms with E-state index in [1.54, 1.807) is 14.2 Å². The lowest BCUT2D eigenvalue weighted by Crippen LogP contribution is -2.48. The molecule has 0 fully saturated rings. The van der Waals surface area contributed by atoms with Crippen molar-refractivity contribution in [3.8, 4) is 11.5 Å². The monoisotopic (exact) mass is 404 g/mol. The molecule has 0 aliphatic rings. The molecule has 0 heterocycles. The Labute approximate surface area is 177 Å². The van der Waals surface area contributed by atoms with Crippen LogP contribution in [-0.2, 0) is 10.2 Å². The number of methoxy groups -OCH3 is 2. The summed E-state index contributed by atoms with van der Waals surface area (Å²) >= 11 is 0. The summed E-state index contributed by atoms with van der Waals surface area (Å²) in [5.74, 6) is 1.33. The largest absolute Gasteiger partial charge is 0.497 e. The van der Waals surface area contributed by atoms with E-state index >= 15 is 0 Å². The fraction of sp³-hybridized carbons (Fsp3) is 0.240. The lowest BCUT2D eigenvalue weighted by Gasteiger charge is -2.36. The molecule has 3 aromatic carbocycles. The molecule has 1 atom stereocenters. The van der Waals surface area contributed by atoms with Gasteiger partial charge in [0.2, 0.25) is 0 Å². The molecular weight excluding hydrogens is 376 g/mol. The van der Waals surface area contributed by atoms with Crippen molar-refractivity contribution in [1.82, 2.24) is 0 Å². The maximum absolute atomic E-state index is 14.0. The number of ketones is 1. The molecule has 3 rings (SSSR count). The highest BCUT2D eigenvalue weighted by atomic mass is 16.5. The molecule has 30 heavy (non-hydrogen) atoms. The molecule has 5 nitrogen and oxygen atoms in total. The van der Waals surface area contributed by atoms with Gasteiger partial charge in [-0.25, -0.2) is 0 Å². The summed E-state index contributed by atoms with van der Waals surface area (Å²) in [5.41, 5.74) is 13.5. The van der Waals surface area contributed by atoms with Crippen LogP contribution >= 0.6 is 0 Å². The Morgan fingerprint density at radius 2 is 1.23 bits per heavy atom. The van der Waals surface area contributed by atoms with E-state index in [1.807, 2.05) is 78.9 Å². The molecule has 0 bridgehead atoms. The minimum Gasteiger partial charge on any atom is -0.497 e. The zero-order valence-corrected chi connectivity index (χ0v) is 17.4. The van der Waals surface area contributed by atoms with Crippen molar-refractivity contribution < 1.29 is 14.3 Å². The van der Waals surface area contributed by atoms with Gasteiger partial charge in [-0.3, -0.25) is 4.79 Å². The number of ether oxygens (including phenoxy) is 2. The summed E-state index contributed by atoms with van der Waals surface area (Å²) in [4.78, 5) is 14.0. The third-order valence-corrected chi connectivity index (χ3v) is 5.44. The van der Waals surface area contributed by atoms with E-state index in [4.69, 9.17) is 20.9 Å². The number of nitrogens with two attached hydrogens (primary N) is 2. The molecule has 0 unspecified atom stereocenters. The van der Waals surface area contributed by atoms with Crippen molar-refractivity contribution in [2.45, 2.75) is 17.9 Å². The van der Waals surface area contributed by atoms with Crippen LogP contribution in [0.5, 0.6) is 11.5 Å². The van der Waals surface area contributed by atoms with Crippen LogP contribution in [-0.4, -0.2) is 32.6 Å². The Bertz CT molecular complexity index is 906. The lowest BCUT2D eigenvalue weighted by atomic mass is 9.65. The summed E-state index contributed by atoms with van der Waals surface area (Å²) in [6, 6.07) is 24.1. The number of hydrogen-bond donors (Lipinski definition) is 2. The standard InChI is InChI=1S/C25H28N2O3/c1-29-21-12-8-19(9-13-21)25(18-6-4-3-5-7-18,24(28)23(27)16-17-26)20-10-14-22(30-2)15-11-20/h3-15,23H,16-17,26-27H2,1-2H3/t23-/m0/s1. The van der Waals surface area contributed by atoms with E-state index in [0.29, 0.717) is 24.5 Å². The average Bonchev–Trinajstić information content (AvgIpc) is 2.81. The Hall–Kier alpha value is -3.15. The van der Waals surface area contributed by atoms with E-state index in [1.165, 1.54) is 0 Å². The number of carbonyl (C=O) groups excluding carboxylic acids is 1. The molecule has 0 aromatic heterocycles. The van der Waals surface area contributed by atoms with Gasteiger partial charge in [0.15, 0.2) is 5.78 Å². The van der Waals surface area contributed by atoms with E-state index in [-0.39, 0.29) is 5.78 Å². The average molecular weight is 405 g/mol. The first-order valence-corrected chi connectivity index (χ1v) is 9.92. The topological polar surface area (TPSA) is 87.6 Å². The Balaban J connectivity index is 2.33. The van der Waals surface area contributed by atoms with Crippen LogP contribution in [0.25, 0.3) is 0 Å². The predicted molar refractivity (Wildman–Crippen MR) is 119 cm³/mol. The fourth-order valence-corrected chi connectivity index (χ4v) is 3.89. The van der Waals surface area contributed by atoms with E-state index in [2.05, 4.69) is 0 Å². The first kappa shape index (κ1) is 21.6. The van der Waals surface area contributed by atoms with Gasteiger partial charge in [-0.1, -0.05) is 54.6 Å². The molecule has 0 saturated carbocycles. The molecule has 4 N–H and O–H groups in total. The van der Waals surface area contributed by atoms with Gasteiger partial charge >= 0.3 is 0 Å². The second kappa shape index (κ2) is 9.57. The Morgan fingerprint density at radius 1 is 0.800 bits per heavy atom. The van der Waals surface area contributed by atoms with Gasteiger partial charge in [-0.15, -0.1) is 0 Å². The molecule has 0 spiro atoms.